The molecule has 0 aliphatic rings. The van der Waals surface area contributed by atoms with Crippen molar-refractivity contribution < 1.29 is 22.4 Å². The Bertz CT molecular complexity index is 935. The van der Waals surface area contributed by atoms with Gasteiger partial charge in [-0.1, -0.05) is 13.8 Å². The zero-order valence-electron chi connectivity index (χ0n) is 17.6. The minimum Gasteiger partial charge on any atom is -0.495 e. The summed E-state index contributed by atoms with van der Waals surface area (Å²) in [5.41, 5.74) is 0.313. The number of sulfonamides is 1. The van der Waals surface area contributed by atoms with Crippen molar-refractivity contribution in [1.82, 2.24) is 9.21 Å². The molecule has 0 fully saturated rings. The number of hydrogen-bond donors (Lipinski definition) is 1. The average molecular weight is 424 g/mol. The van der Waals surface area contributed by atoms with Crippen molar-refractivity contribution in [3.63, 3.8) is 0 Å². The maximum atomic E-state index is 12.8. The molecule has 8 nitrogen and oxygen atoms in total. The average Bonchev–Trinajstić information content (AvgIpc) is 3.06. The van der Waals surface area contributed by atoms with Crippen LogP contribution in [0, 0.1) is 6.92 Å². The number of anilines is 1. The van der Waals surface area contributed by atoms with Crippen molar-refractivity contribution in [1.29, 1.82) is 0 Å². The van der Waals surface area contributed by atoms with Crippen LogP contribution in [0.25, 0.3) is 0 Å². The smallest absolute Gasteiger partial charge is 0.243 e. The number of rotatable bonds is 10. The number of carbonyl (C=O) groups is 1. The molecule has 0 unspecified atom stereocenters. The lowest BCUT2D eigenvalue weighted by molar-refractivity contribution is -0.117. The van der Waals surface area contributed by atoms with E-state index in [-0.39, 0.29) is 17.3 Å². The summed E-state index contributed by atoms with van der Waals surface area (Å²) in [6.45, 7) is 6.74. The van der Waals surface area contributed by atoms with Crippen LogP contribution < -0.4 is 10.1 Å². The van der Waals surface area contributed by atoms with Gasteiger partial charge in [-0.15, -0.1) is 0 Å². The third-order valence-corrected chi connectivity index (χ3v) is 6.47. The van der Waals surface area contributed by atoms with Gasteiger partial charge in [-0.25, -0.2) is 8.42 Å². The van der Waals surface area contributed by atoms with E-state index >= 15 is 0 Å². The predicted molar refractivity (Wildman–Crippen MR) is 112 cm³/mol. The fraction of sp³-hybridized carbons (Fsp3) is 0.450. The van der Waals surface area contributed by atoms with E-state index in [1.54, 1.807) is 31.9 Å². The van der Waals surface area contributed by atoms with Gasteiger partial charge < -0.3 is 14.5 Å². The summed E-state index contributed by atoms with van der Waals surface area (Å²) >= 11 is 0. The predicted octanol–water partition coefficient (Wildman–Crippen LogP) is 2.70. The first kappa shape index (κ1) is 22.9. The van der Waals surface area contributed by atoms with Gasteiger partial charge in [0, 0.05) is 13.1 Å². The van der Waals surface area contributed by atoms with Crippen LogP contribution in [-0.4, -0.2) is 57.3 Å². The number of methoxy groups -OCH3 is 1. The fourth-order valence-electron chi connectivity index (χ4n) is 2.98. The van der Waals surface area contributed by atoms with Gasteiger partial charge in [-0.2, -0.15) is 4.31 Å². The van der Waals surface area contributed by atoms with Gasteiger partial charge in [0.1, 0.15) is 17.3 Å². The van der Waals surface area contributed by atoms with Gasteiger partial charge in [0.25, 0.3) is 0 Å². The minimum atomic E-state index is -3.64. The molecule has 0 aliphatic heterocycles. The maximum Gasteiger partial charge on any atom is 0.243 e. The van der Waals surface area contributed by atoms with Gasteiger partial charge in [-0.3, -0.25) is 9.69 Å². The molecular weight excluding hydrogens is 394 g/mol. The number of aryl methyl sites for hydroxylation is 1. The Labute approximate surface area is 172 Å². The number of ether oxygens (including phenoxy) is 1. The van der Waals surface area contributed by atoms with Gasteiger partial charge in [-0.05, 0) is 44.3 Å². The number of hydrogen-bond acceptors (Lipinski definition) is 6. The van der Waals surface area contributed by atoms with Crippen LogP contribution in [0.1, 0.15) is 25.4 Å². The quantitative estimate of drug-likeness (QED) is 0.632. The summed E-state index contributed by atoms with van der Waals surface area (Å²) in [7, 11) is -0.374. The van der Waals surface area contributed by atoms with E-state index in [1.165, 1.54) is 23.5 Å². The second-order valence-electron chi connectivity index (χ2n) is 6.68. The molecule has 2 aromatic rings. The Kier molecular flexibility index (Phi) is 7.83. The molecular formula is C20H29N3O5S. The number of nitrogens with one attached hydrogen (secondary N) is 1. The van der Waals surface area contributed by atoms with Crippen molar-refractivity contribution >= 4 is 21.6 Å². The summed E-state index contributed by atoms with van der Waals surface area (Å²) in [6, 6.07) is 8.19. The Morgan fingerprint density at radius 3 is 2.41 bits per heavy atom. The number of furan rings is 1. The Balaban J connectivity index is 2.15. The van der Waals surface area contributed by atoms with Crippen LogP contribution in [-0.2, 0) is 21.4 Å². The molecule has 0 spiro atoms. The highest BCUT2D eigenvalue weighted by atomic mass is 32.2. The van der Waals surface area contributed by atoms with E-state index in [0.717, 1.165) is 11.5 Å². The van der Waals surface area contributed by atoms with Crippen LogP contribution in [0.2, 0.25) is 0 Å². The third-order valence-electron chi connectivity index (χ3n) is 4.42. The lowest BCUT2D eigenvalue weighted by Gasteiger charge is -2.20. The highest BCUT2D eigenvalue weighted by Crippen LogP contribution is 2.29. The molecule has 1 amide bonds. The Hall–Kier alpha value is -2.36. The number of carbonyl (C=O) groups excluding carboxylic acids is 1. The highest BCUT2D eigenvalue weighted by molar-refractivity contribution is 7.89. The van der Waals surface area contributed by atoms with Crippen molar-refractivity contribution in [2.45, 2.75) is 32.2 Å². The standard InChI is InChI=1S/C20H29N3O5S/c1-6-23(7-2)29(25,26)17-10-11-19(27-5)18(12-17)21-20(24)14-22(4)13-16-9-8-15(3)28-16/h8-12H,6-7,13-14H2,1-5H3,(H,21,24). The molecule has 0 bridgehead atoms. The zero-order valence-corrected chi connectivity index (χ0v) is 18.4. The molecule has 160 valence electrons. The van der Waals surface area contributed by atoms with Crippen molar-refractivity contribution in [3.05, 3.63) is 41.9 Å². The number of likely N-dealkylation sites (N-methyl/N-ethyl adjacent to an activating group) is 1. The largest absolute Gasteiger partial charge is 0.495 e. The number of nitrogens with zero attached hydrogens (tertiary/aromatic N) is 2. The molecule has 1 heterocycles. The molecule has 0 radical (unpaired) electrons. The third kappa shape index (κ3) is 5.81. The second-order valence-corrected chi connectivity index (χ2v) is 8.62. The van der Waals surface area contributed by atoms with E-state index in [0.29, 0.717) is 31.1 Å². The molecule has 29 heavy (non-hydrogen) atoms. The lowest BCUT2D eigenvalue weighted by Crippen LogP contribution is -2.31. The Morgan fingerprint density at radius 2 is 1.86 bits per heavy atom. The van der Waals surface area contributed by atoms with Gasteiger partial charge in [0.15, 0.2) is 0 Å². The van der Waals surface area contributed by atoms with E-state index in [4.69, 9.17) is 9.15 Å². The molecule has 2 rings (SSSR count). The van der Waals surface area contributed by atoms with Crippen LogP contribution >= 0.6 is 0 Å². The highest BCUT2D eigenvalue weighted by Gasteiger charge is 2.23. The molecule has 0 saturated heterocycles. The van der Waals surface area contributed by atoms with Crippen LogP contribution in [0.5, 0.6) is 5.75 Å². The first-order valence-corrected chi connectivity index (χ1v) is 10.9. The molecule has 9 heteroatoms. The van der Waals surface area contributed by atoms with Gasteiger partial charge >= 0.3 is 0 Å². The minimum absolute atomic E-state index is 0.107. The topological polar surface area (TPSA) is 92.1 Å². The molecule has 0 atom stereocenters. The summed E-state index contributed by atoms with van der Waals surface area (Å²) in [5.74, 6) is 1.68. The van der Waals surface area contributed by atoms with Crippen molar-refractivity contribution in [2.75, 3.05) is 39.1 Å². The number of amides is 1. The monoisotopic (exact) mass is 423 g/mol. The van der Waals surface area contributed by atoms with E-state index in [1.807, 2.05) is 19.1 Å². The normalized spacial score (nSPS) is 11.8. The summed E-state index contributed by atoms with van der Waals surface area (Å²) in [6.07, 6.45) is 0. The van der Waals surface area contributed by atoms with Gasteiger partial charge in [0.2, 0.25) is 15.9 Å². The Morgan fingerprint density at radius 1 is 1.17 bits per heavy atom. The first-order valence-electron chi connectivity index (χ1n) is 9.43. The maximum absolute atomic E-state index is 12.8. The van der Waals surface area contributed by atoms with Crippen LogP contribution in [0.15, 0.2) is 39.6 Å². The molecule has 1 aromatic carbocycles. The molecule has 1 aromatic heterocycles. The number of benzene rings is 1. The van der Waals surface area contributed by atoms with Crippen molar-refractivity contribution in [3.8, 4) is 5.75 Å². The molecule has 1 N–H and O–H groups in total. The summed E-state index contributed by atoms with van der Waals surface area (Å²) in [5, 5.41) is 2.75. The zero-order chi connectivity index (χ0) is 21.6. The van der Waals surface area contributed by atoms with E-state index in [9.17, 15) is 13.2 Å². The SMILES string of the molecule is CCN(CC)S(=O)(=O)c1ccc(OC)c(NC(=O)CN(C)Cc2ccc(C)o2)c1. The fourth-order valence-corrected chi connectivity index (χ4v) is 4.47. The summed E-state index contributed by atoms with van der Waals surface area (Å²) in [4.78, 5) is 14.4. The first-order chi connectivity index (χ1) is 13.7. The van der Waals surface area contributed by atoms with Crippen molar-refractivity contribution in [2.24, 2.45) is 0 Å². The molecule has 0 aliphatic carbocycles. The second kappa shape index (κ2) is 9.91. The van der Waals surface area contributed by atoms with Gasteiger partial charge in [0.05, 0.1) is 30.8 Å². The lowest BCUT2D eigenvalue weighted by atomic mass is 10.3. The van der Waals surface area contributed by atoms with Crippen LogP contribution in [0.4, 0.5) is 5.69 Å². The molecule has 0 saturated carbocycles. The van der Waals surface area contributed by atoms with E-state index < -0.39 is 10.0 Å². The van der Waals surface area contributed by atoms with Crippen LogP contribution in [0.3, 0.4) is 0 Å². The van der Waals surface area contributed by atoms with E-state index in [2.05, 4.69) is 5.32 Å². The summed E-state index contributed by atoms with van der Waals surface area (Å²) < 4.78 is 37.7.